The van der Waals surface area contributed by atoms with Gasteiger partial charge in [0, 0.05) is 25.0 Å². The number of aliphatic hydroxyl groups is 1. The Morgan fingerprint density at radius 2 is 2.14 bits per heavy atom. The van der Waals surface area contributed by atoms with Gasteiger partial charge in [-0.1, -0.05) is 0 Å². The van der Waals surface area contributed by atoms with E-state index in [9.17, 15) is 5.11 Å². The molecule has 1 aromatic rings. The van der Waals surface area contributed by atoms with Crippen molar-refractivity contribution >= 4 is 0 Å². The van der Waals surface area contributed by atoms with Crippen LogP contribution in [0.1, 0.15) is 24.8 Å². The van der Waals surface area contributed by atoms with Gasteiger partial charge in [-0.2, -0.15) is 0 Å². The lowest BCUT2D eigenvalue weighted by Crippen LogP contribution is -2.34. The highest BCUT2D eigenvalue weighted by molar-refractivity contribution is 5.09. The van der Waals surface area contributed by atoms with Gasteiger partial charge in [-0.15, -0.1) is 0 Å². The van der Waals surface area contributed by atoms with E-state index in [-0.39, 0.29) is 12.1 Å². The van der Waals surface area contributed by atoms with E-state index in [1.165, 1.54) is 5.56 Å². The zero-order chi connectivity index (χ0) is 9.80. The molecule has 3 heteroatoms. The second-order valence-electron chi connectivity index (χ2n) is 3.84. The van der Waals surface area contributed by atoms with Crippen LogP contribution in [0.25, 0.3) is 0 Å². The monoisotopic (exact) mass is 192 g/mol. The second-order valence-corrected chi connectivity index (χ2v) is 3.84. The summed E-state index contributed by atoms with van der Waals surface area (Å²) in [5.74, 6) is 0. The van der Waals surface area contributed by atoms with Crippen molar-refractivity contribution in [3.8, 4) is 0 Å². The first-order valence-corrected chi connectivity index (χ1v) is 5.16. The van der Waals surface area contributed by atoms with Gasteiger partial charge >= 0.3 is 0 Å². The summed E-state index contributed by atoms with van der Waals surface area (Å²) >= 11 is 0. The van der Waals surface area contributed by atoms with E-state index >= 15 is 0 Å². The molecular weight excluding hydrogens is 176 g/mol. The summed E-state index contributed by atoms with van der Waals surface area (Å²) in [6.45, 7) is 0.824. The lowest BCUT2D eigenvalue weighted by Gasteiger charge is -2.16. The molecular formula is C11H16N2O. The minimum Gasteiger partial charge on any atom is -0.392 e. The van der Waals surface area contributed by atoms with Crippen molar-refractivity contribution in [1.29, 1.82) is 0 Å². The maximum atomic E-state index is 9.59. The number of hydrogen-bond donors (Lipinski definition) is 2. The minimum atomic E-state index is -0.156. The van der Waals surface area contributed by atoms with E-state index in [1.54, 1.807) is 12.4 Å². The molecule has 0 unspecified atom stereocenters. The van der Waals surface area contributed by atoms with E-state index in [0.29, 0.717) is 0 Å². The Morgan fingerprint density at radius 3 is 2.79 bits per heavy atom. The van der Waals surface area contributed by atoms with Crippen LogP contribution in [-0.2, 0) is 6.54 Å². The first kappa shape index (κ1) is 9.62. The van der Waals surface area contributed by atoms with E-state index in [4.69, 9.17) is 0 Å². The molecule has 0 bridgehead atoms. The van der Waals surface area contributed by atoms with Crippen LogP contribution in [0.4, 0.5) is 0 Å². The predicted molar refractivity (Wildman–Crippen MR) is 54.7 cm³/mol. The fourth-order valence-electron chi connectivity index (χ4n) is 1.93. The molecule has 0 aromatic carbocycles. The molecule has 1 aliphatic rings. The molecule has 1 saturated carbocycles. The van der Waals surface area contributed by atoms with E-state index in [1.807, 2.05) is 12.1 Å². The molecule has 14 heavy (non-hydrogen) atoms. The molecule has 1 heterocycles. The highest BCUT2D eigenvalue weighted by Crippen LogP contribution is 2.18. The number of aliphatic hydroxyl groups excluding tert-OH is 1. The lowest BCUT2D eigenvalue weighted by molar-refractivity contribution is 0.148. The highest BCUT2D eigenvalue weighted by atomic mass is 16.3. The van der Waals surface area contributed by atoms with Gasteiger partial charge in [0.1, 0.15) is 0 Å². The Hall–Kier alpha value is -0.930. The second kappa shape index (κ2) is 4.53. The van der Waals surface area contributed by atoms with Crippen LogP contribution in [0.5, 0.6) is 0 Å². The van der Waals surface area contributed by atoms with Gasteiger partial charge in [0.15, 0.2) is 0 Å². The average molecular weight is 192 g/mol. The van der Waals surface area contributed by atoms with Crippen LogP contribution in [0.3, 0.4) is 0 Å². The van der Waals surface area contributed by atoms with E-state index in [2.05, 4.69) is 10.3 Å². The van der Waals surface area contributed by atoms with Gasteiger partial charge in [-0.05, 0) is 37.0 Å². The summed E-state index contributed by atoms with van der Waals surface area (Å²) in [7, 11) is 0. The zero-order valence-corrected chi connectivity index (χ0v) is 8.19. The molecule has 2 rings (SSSR count). The normalized spacial score (nSPS) is 26.6. The minimum absolute atomic E-state index is 0.156. The summed E-state index contributed by atoms with van der Waals surface area (Å²) in [6, 6.07) is 4.27. The molecule has 3 nitrogen and oxygen atoms in total. The summed E-state index contributed by atoms with van der Waals surface area (Å²) in [6.07, 6.45) is 6.59. The summed E-state index contributed by atoms with van der Waals surface area (Å²) in [5.41, 5.74) is 1.22. The SMILES string of the molecule is O[C@H]1CCC[C@@H]1NCc1ccncc1. The topological polar surface area (TPSA) is 45.1 Å². The van der Waals surface area contributed by atoms with Gasteiger partial charge in [0.2, 0.25) is 0 Å². The first-order valence-electron chi connectivity index (χ1n) is 5.16. The van der Waals surface area contributed by atoms with Crippen LogP contribution in [0, 0.1) is 0 Å². The molecule has 0 amide bonds. The molecule has 1 aliphatic carbocycles. The molecule has 76 valence electrons. The van der Waals surface area contributed by atoms with Gasteiger partial charge in [0.25, 0.3) is 0 Å². The number of nitrogens with zero attached hydrogens (tertiary/aromatic N) is 1. The Morgan fingerprint density at radius 1 is 1.36 bits per heavy atom. The standard InChI is InChI=1S/C11H16N2O/c14-11-3-1-2-10(11)13-8-9-4-6-12-7-5-9/h4-7,10-11,13-14H,1-3,8H2/t10-,11-/m0/s1. The largest absolute Gasteiger partial charge is 0.392 e. The maximum absolute atomic E-state index is 9.59. The summed E-state index contributed by atoms with van der Waals surface area (Å²) in [4.78, 5) is 3.96. The van der Waals surface area contributed by atoms with Crippen molar-refractivity contribution in [3.05, 3.63) is 30.1 Å². The molecule has 0 saturated heterocycles. The van der Waals surface area contributed by atoms with Gasteiger partial charge in [-0.3, -0.25) is 4.98 Å². The number of pyridine rings is 1. The number of nitrogens with one attached hydrogen (secondary N) is 1. The third-order valence-electron chi connectivity index (χ3n) is 2.80. The molecule has 0 spiro atoms. The highest BCUT2D eigenvalue weighted by Gasteiger charge is 2.24. The molecule has 2 N–H and O–H groups in total. The molecule has 0 radical (unpaired) electrons. The van der Waals surface area contributed by atoms with Crippen LogP contribution in [0.2, 0.25) is 0 Å². The zero-order valence-electron chi connectivity index (χ0n) is 8.19. The van der Waals surface area contributed by atoms with Crippen LogP contribution in [-0.4, -0.2) is 22.2 Å². The Bertz CT molecular complexity index is 276. The van der Waals surface area contributed by atoms with Crippen LogP contribution in [0.15, 0.2) is 24.5 Å². The fourth-order valence-corrected chi connectivity index (χ4v) is 1.93. The molecule has 1 aromatic heterocycles. The Balaban J connectivity index is 1.82. The third kappa shape index (κ3) is 2.30. The average Bonchev–Trinajstić information content (AvgIpc) is 2.63. The fraction of sp³-hybridized carbons (Fsp3) is 0.545. The van der Waals surface area contributed by atoms with Crippen LogP contribution >= 0.6 is 0 Å². The summed E-state index contributed by atoms with van der Waals surface area (Å²) in [5, 5.41) is 13.0. The van der Waals surface area contributed by atoms with Crippen LogP contribution < -0.4 is 5.32 Å². The molecule has 1 fully saturated rings. The van der Waals surface area contributed by atoms with E-state index in [0.717, 1.165) is 25.8 Å². The van der Waals surface area contributed by atoms with Crippen molar-refractivity contribution in [3.63, 3.8) is 0 Å². The molecule has 0 aliphatic heterocycles. The van der Waals surface area contributed by atoms with Crippen molar-refractivity contribution < 1.29 is 5.11 Å². The van der Waals surface area contributed by atoms with Gasteiger partial charge in [-0.25, -0.2) is 0 Å². The van der Waals surface area contributed by atoms with Crippen molar-refractivity contribution in [2.45, 2.75) is 38.0 Å². The smallest absolute Gasteiger partial charge is 0.0693 e. The third-order valence-corrected chi connectivity index (χ3v) is 2.80. The predicted octanol–water partition coefficient (Wildman–Crippen LogP) is 1.08. The summed E-state index contributed by atoms with van der Waals surface area (Å²) < 4.78 is 0. The maximum Gasteiger partial charge on any atom is 0.0693 e. The van der Waals surface area contributed by atoms with Gasteiger partial charge < -0.3 is 10.4 Å². The van der Waals surface area contributed by atoms with Crippen molar-refractivity contribution in [2.75, 3.05) is 0 Å². The molecule has 2 atom stereocenters. The quantitative estimate of drug-likeness (QED) is 0.753. The van der Waals surface area contributed by atoms with E-state index < -0.39 is 0 Å². The van der Waals surface area contributed by atoms with Gasteiger partial charge in [0.05, 0.1) is 6.10 Å². The Kier molecular flexibility index (Phi) is 3.11. The Labute approximate surface area is 84.2 Å². The lowest BCUT2D eigenvalue weighted by atomic mass is 10.2. The number of rotatable bonds is 3. The van der Waals surface area contributed by atoms with Crippen molar-refractivity contribution in [2.24, 2.45) is 0 Å². The van der Waals surface area contributed by atoms with Crippen molar-refractivity contribution in [1.82, 2.24) is 10.3 Å². The number of hydrogen-bond acceptors (Lipinski definition) is 3. The number of aromatic nitrogens is 1. The first-order chi connectivity index (χ1) is 6.86.